The number of hydrogen-bond acceptors (Lipinski definition) is 5. The van der Waals surface area contributed by atoms with E-state index < -0.39 is 10.0 Å². The second kappa shape index (κ2) is 6.44. The molecule has 1 aromatic carbocycles. The van der Waals surface area contributed by atoms with E-state index in [1.54, 1.807) is 35.3 Å². The predicted octanol–water partition coefficient (Wildman–Crippen LogP) is 2.39. The molecule has 0 saturated heterocycles. The first-order valence-corrected chi connectivity index (χ1v) is 10.0. The van der Waals surface area contributed by atoms with Gasteiger partial charge in [0.1, 0.15) is 11.8 Å². The molecule has 0 aliphatic heterocycles. The molecule has 8 nitrogen and oxygen atoms in total. The van der Waals surface area contributed by atoms with E-state index in [9.17, 15) is 8.42 Å². The van der Waals surface area contributed by atoms with E-state index in [4.69, 9.17) is 5.26 Å². The van der Waals surface area contributed by atoms with Crippen LogP contribution in [0.25, 0.3) is 21.9 Å². The zero-order chi connectivity index (χ0) is 20.1. The molecule has 0 amide bonds. The second-order valence-electron chi connectivity index (χ2n) is 6.77. The van der Waals surface area contributed by atoms with Crippen LogP contribution in [0.15, 0.2) is 41.6 Å². The van der Waals surface area contributed by atoms with Gasteiger partial charge in [0.05, 0.1) is 11.4 Å². The predicted molar refractivity (Wildman–Crippen MR) is 105 cm³/mol. The van der Waals surface area contributed by atoms with Gasteiger partial charge in [-0.05, 0) is 36.8 Å². The zero-order valence-corrected chi connectivity index (χ0v) is 16.4. The van der Waals surface area contributed by atoms with E-state index in [1.165, 1.54) is 18.4 Å². The van der Waals surface area contributed by atoms with Crippen LogP contribution in [0.3, 0.4) is 0 Å². The largest absolute Gasteiger partial charge is 0.361 e. The van der Waals surface area contributed by atoms with Gasteiger partial charge >= 0.3 is 0 Å². The average molecular weight is 394 g/mol. The van der Waals surface area contributed by atoms with Gasteiger partial charge in [-0.3, -0.25) is 4.68 Å². The lowest BCUT2D eigenvalue weighted by atomic mass is 10.1. The highest BCUT2D eigenvalue weighted by Gasteiger charge is 2.25. The van der Waals surface area contributed by atoms with Gasteiger partial charge in [0.25, 0.3) is 0 Å². The third kappa shape index (κ3) is 2.83. The van der Waals surface area contributed by atoms with E-state index in [0.717, 1.165) is 21.9 Å². The average Bonchev–Trinajstić information content (AvgIpc) is 3.29. The van der Waals surface area contributed by atoms with Crippen LogP contribution in [-0.4, -0.2) is 46.6 Å². The van der Waals surface area contributed by atoms with Crippen molar-refractivity contribution >= 4 is 32.0 Å². The molecule has 3 aromatic heterocycles. The normalized spacial score (nSPS) is 12.1. The highest BCUT2D eigenvalue weighted by atomic mass is 32.2. The van der Waals surface area contributed by atoms with Crippen molar-refractivity contribution in [3.05, 3.63) is 53.5 Å². The Morgan fingerprint density at radius 3 is 2.79 bits per heavy atom. The van der Waals surface area contributed by atoms with Gasteiger partial charge in [0.2, 0.25) is 10.0 Å². The van der Waals surface area contributed by atoms with Crippen LogP contribution >= 0.6 is 0 Å². The first-order valence-electron chi connectivity index (χ1n) is 8.57. The SMILES string of the molecule is Cc1cc(S(=O)(=O)N(C)C)c(Cn2cc3ccc(C#N)nc3n2)c2cc[nH]c12. The van der Waals surface area contributed by atoms with Gasteiger partial charge < -0.3 is 4.98 Å². The van der Waals surface area contributed by atoms with Crippen molar-refractivity contribution in [1.29, 1.82) is 5.26 Å². The number of H-pyrrole nitrogens is 1. The van der Waals surface area contributed by atoms with E-state index in [2.05, 4.69) is 15.1 Å². The third-order valence-electron chi connectivity index (χ3n) is 4.72. The lowest BCUT2D eigenvalue weighted by molar-refractivity contribution is 0.519. The van der Waals surface area contributed by atoms with E-state index >= 15 is 0 Å². The molecule has 0 fully saturated rings. The second-order valence-corrected chi connectivity index (χ2v) is 8.89. The number of aromatic amines is 1. The summed E-state index contributed by atoms with van der Waals surface area (Å²) in [6.07, 6.45) is 3.60. The Hall–Kier alpha value is -3.22. The van der Waals surface area contributed by atoms with Crippen LogP contribution in [0.1, 0.15) is 16.8 Å². The highest BCUT2D eigenvalue weighted by molar-refractivity contribution is 7.89. The molecular formula is C19H18N6O2S. The molecule has 142 valence electrons. The minimum absolute atomic E-state index is 0.257. The Kier molecular flexibility index (Phi) is 4.18. The fraction of sp³-hybridized carbons (Fsp3) is 0.211. The summed E-state index contributed by atoms with van der Waals surface area (Å²) in [7, 11) is -0.602. The Morgan fingerprint density at radius 1 is 1.29 bits per heavy atom. The van der Waals surface area contributed by atoms with Gasteiger partial charge in [0.15, 0.2) is 5.65 Å². The first-order chi connectivity index (χ1) is 13.3. The quantitative estimate of drug-likeness (QED) is 0.572. The minimum Gasteiger partial charge on any atom is -0.361 e. The fourth-order valence-electron chi connectivity index (χ4n) is 3.28. The lowest BCUT2D eigenvalue weighted by Gasteiger charge is -2.17. The molecule has 4 aromatic rings. The molecule has 28 heavy (non-hydrogen) atoms. The summed E-state index contributed by atoms with van der Waals surface area (Å²) in [6.45, 7) is 2.14. The summed E-state index contributed by atoms with van der Waals surface area (Å²) < 4.78 is 28.8. The molecule has 1 N–H and O–H groups in total. The molecule has 3 heterocycles. The van der Waals surface area contributed by atoms with Crippen molar-refractivity contribution in [2.75, 3.05) is 14.1 Å². The maximum Gasteiger partial charge on any atom is 0.242 e. The van der Waals surface area contributed by atoms with Crippen molar-refractivity contribution in [2.45, 2.75) is 18.4 Å². The number of aromatic nitrogens is 4. The number of pyridine rings is 1. The van der Waals surface area contributed by atoms with Crippen LogP contribution in [0.4, 0.5) is 0 Å². The maximum absolute atomic E-state index is 13.0. The molecule has 0 atom stereocenters. The number of sulfonamides is 1. The smallest absolute Gasteiger partial charge is 0.242 e. The summed E-state index contributed by atoms with van der Waals surface area (Å²) >= 11 is 0. The molecule has 0 aliphatic carbocycles. The first kappa shape index (κ1) is 18.2. The van der Waals surface area contributed by atoms with Crippen LogP contribution in [-0.2, 0) is 16.6 Å². The number of nitriles is 1. The molecule has 0 aliphatic rings. The molecular weight excluding hydrogens is 376 g/mol. The number of benzene rings is 1. The molecule has 0 bridgehead atoms. The minimum atomic E-state index is -3.64. The van der Waals surface area contributed by atoms with E-state index in [-0.39, 0.29) is 17.1 Å². The molecule has 4 rings (SSSR count). The molecule has 0 radical (unpaired) electrons. The Labute approximate surface area is 162 Å². The monoisotopic (exact) mass is 394 g/mol. The molecule has 0 unspecified atom stereocenters. The van der Waals surface area contributed by atoms with Crippen molar-refractivity contribution in [3.63, 3.8) is 0 Å². The number of hydrogen-bond donors (Lipinski definition) is 1. The van der Waals surface area contributed by atoms with Crippen molar-refractivity contribution in [1.82, 2.24) is 24.1 Å². The van der Waals surface area contributed by atoms with Gasteiger partial charge in [0, 0.05) is 48.3 Å². The Balaban J connectivity index is 1.92. The number of nitrogens with one attached hydrogen (secondary N) is 1. The lowest BCUT2D eigenvalue weighted by Crippen LogP contribution is -2.24. The standard InChI is InChI=1S/C19H18N6O2S/c1-12-8-17(28(26,27)24(2)3)16(15-6-7-21-18(12)15)11-25-10-13-4-5-14(9-20)22-19(13)23-25/h4-8,10,21H,11H2,1-3H3. The van der Waals surface area contributed by atoms with Crippen LogP contribution in [0.2, 0.25) is 0 Å². The van der Waals surface area contributed by atoms with E-state index in [1.807, 2.05) is 19.1 Å². The molecule has 0 saturated carbocycles. The highest BCUT2D eigenvalue weighted by Crippen LogP contribution is 2.30. The molecule has 9 heteroatoms. The summed E-state index contributed by atoms with van der Waals surface area (Å²) in [6, 6.07) is 8.98. The van der Waals surface area contributed by atoms with Gasteiger partial charge in [-0.25, -0.2) is 17.7 Å². The maximum atomic E-state index is 13.0. The van der Waals surface area contributed by atoms with Gasteiger partial charge in [-0.2, -0.15) is 10.4 Å². The Bertz CT molecular complexity index is 1360. The number of aryl methyl sites for hydroxylation is 1. The molecule has 0 spiro atoms. The summed E-state index contributed by atoms with van der Waals surface area (Å²) in [4.78, 5) is 7.63. The number of fused-ring (bicyclic) bond motifs is 2. The van der Waals surface area contributed by atoms with Gasteiger partial charge in [-0.15, -0.1) is 0 Å². The number of nitrogens with zero attached hydrogens (tertiary/aromatic N) is 5. The Morgan fingerprint density at radius 2 is 2.07 bits per heavy atom. The summed E-state index contributed by atoms with van der Waals surface area (Å²) in [5.74, 6) is 0. The third-order valence-corrected chi connectivity index (χ3v) is 6.60. The van der Waals surface area contributed by atoms with Crippen LogP contribution in [0.5, 0.6) is 0 Å². The number of rotatable bonds is 4. The van der Waals surface area contributed by atoms with Crippen molar-refractivity contribution < 1.29 is 8.42 Å². The van der Waals surface area contributed by atoms with Crippen LogP contribution < -0.4 is 0 Å². The summed E-state index contributed by atoms with van der Waals surface area (Å²) in [5, 5.41) is 15.1. The fourth-order valence-corrected chi connectivity index (χ4v) is 4.49. The van der Waals surface area contributed by atoms with E-state index in [0.29, 0.717) is 11.2 Å². The van der Waals surface area contributed by atoms with Crippen LogP contribution in [0, 0.1) is 18.3 Å². The van der Waals surface area contributed by atoms with Crippen molar-refractivity contribution in [2.24, 2.45) is 0 Å². The topological polar surface area (TPSA) is 108 Å². The van der Waals surface area contributed by atoms with Crippen molar-refractivity contribution in [3.8, 4) is 6.07 Å². The summed E-state index contributed by atoms with van der Waals surface area (Å²) in [5.41, 5.74) is 3.15. The zero-order valence-electron chi connectivity index (χ0n) is 15.6. The van der Waals surface area contributed by atoms with Gasteiger partial charge in [-0.1, -0.05) is 0 Å².